The number of amides is 4. The first-order valence-electron chi connectivity index (χ1n) is 11.7. The van der Waals surface area contributed by atoms with Crippen molar-refractivity contribution in [1.82, 2.24) is 9.80 Å². The van der Waals surface area contributed by atoms with Crippen molar-refractivity contribution in [3.8, 4) is 0 Å². The quantitative estimate of drug-likeness (QED) is 0.274. The van der Waals surface area contributed by atoms with E-state index in [1.165, 1.54) is 29.2 Å². The van der Waals surface area contributed by atoms with E-state index in [1.54, 1.807) is 6.08 Å². The second kappa shape index (κ2) is 11.6. The zero-order valence-electron chi connectivity index (χ0n) is 20.7. The van der Waals surface area contributed by atoms with E-state index in [4.69, 9.17) is 17.4 Å². The molecule has 13 heteroatoms. The van der Waals surface area contributed by atoms with E-state index in [0.29, 0.717) is 10.6 Å². The van der Waals surface area contributed by atoms with E-state index in [-0.39, 0.29) is 28.6 Å². The molecule has 0 aliphatic carbocycles. The van der Waals surface area contributed by atoms with Gasteiger partial charge in [0.1, 0.15) is 10.4 Å². The third-order valence-electron chi connectivity index (χ3n) is 5.94. The van der Waals surface area contributed by atoms with E-state index in [9.17, 15) is 27.6 Å². The van der Waals surface area contributed by atoms with Gasteiger partial charge < -0.3 is 5.32 Å². The van der Waals surface area contributed by atoms with Crippen molar-refractivity contribution < 1.29 is 27.6 Å². The summed E-state index contributed by atoms with van der Waals surface area (Å²) in [5.74, 6) is -2.04. The van der Waals surface area contributed by atoms with E-state index < -0.39 is 39.7 Å². The number of benzene rings is 2. The number of primary sulfonamides is 1. The number of hydrogen-bond donors (Lipinski definition) is 2. The average molecular weight is 585 g/mol. The Balaban J connectivity index is 1.37. The van der Waals surface area contributed by atoms with E-state index >= 15 is 0 Å². The van der Waals surface area contributed by atoms with Crippen LogP contribution in [-0.4, -0.2) is 58.8 Å². The second-order valence-electron chi connectivity index (χ2n) is 8.82. The van der Waals surface area contributed by atoms with Gasteiger partial charge >= 0.3 is 0 Å². The van der Waals surface area contributed by atoms with Crippen molar-refractivity contribution in [2.45, 2.75) is 30.7 Å². The fraction of sp³-hybridized carbons (Fsp3) is 0.192. The van der Waals surface area contributed by atoms with Crippen LogP contribution in [0.5, 0.6) is 0 Å². The van der Waals surface area contributed by atoms with Gasteiger partial charge in [0.15, 0.2) is 0 Å². The summed E-state index contributed by atoms with van der Waals surface area (Å²) in [6.07, 6.45) is 3.19. The Morgan fingerprint density at radius 1 is 1.13 bits per heavy atom. The highest BCUT2D eigenvalue weighted by atomic mass is 32.2. The maximum Gasteiger partial charge on any atom is 0.266 e. The van der Waals surface area contributed by atoms with Gasteiger partial charge in [-0.05, 0) is 48.4 Å². The Morgan fingerprint density at radius 3 is 2.44 bits per heavy atom. The first-order chi connectivity index (χ1) is 18.4. The summed E-state index contributed by atoms with van der Waals surface area (Å²) in [7, 11) is -3.86. The highest BCUT2D eigenvalue weighted by Gasteiger charge is 2.48. The lowest BCUT2D eigenvalue weighted by molar-refractivity contribution is -0.141. The van der Waals surface area contributed by atoms with E-state index in [2.05, 4.69) is 5.32 Å². The molecule has 0 aromatic heterocycles. The molecule has 0 spiro atoms. The Kier molecular flexibility index (Phi) is 8.45. The van der Waals surface area contributed by atoms with E-state index in [1.807, 2.05) is 43.3 Å². The van der Waals surface area contributed by atoms with Gasteiger partial charge in [-0.25, -0.2) is 13.6 Å². The lowest BCUT2D eigenvalue weighted by Crippen LogP contribution is -2.44. The van der Waals surface area contributed by atoms with Crippen LogP contribution in [0, 0.1) is 0 Å². The number of likely N-dealkylation sites (tertiary alicyclic amines) is 1. The molecule has 2 aliphatic rings. The molecule has 0 radical (unpaired) electrons. The molecular weight excluding hydrogens is 561 g/mol. The number of carbonyl (C=O) groups is 4. The molecule has 2 fully saturated rings. The number of hydrogen-bond acceptors (Lipinski definition) is 8. The summed E-state index contributed by atoms with van der Waals surface area (Å²) in [6.45, 7) is 1.67. The molecule has 39 heavy (non-hydrogen) atoms. The van der Waals surface area contributed by atoms with Gasteiger partial charge in [0.05, 0.1) is 16.2 Å². The Labute approximate surface area is 235 Å². The Bertz CT molecular complexity index is 1520. The number of carbonyl (C=O) groups excluding carboxylic acids is 4. The largest absolute Gasteiger partial charge is 0.326 e. The number of rotatable bonds is 8. The number of sulfonamides is 1. The first-order valence-corrected chi connectivity index (χ1v) is 14.5. The van der Waals surface area contributed by atoms with Crippen LogP contribution in [0.2, 0.25) is 0 Å². The predicted octanol–water partition coefficient (Wildman–Crippen LogP) is 2.64. The summed E-state index contributed by atoms with van der Waals surface area (Å²) in [5.41, 5.74) is 2.12. The Morgan fingerprint density at radius 2 is 1.79 bits per heavy atom. The highest BCUT2D eigenvalue weighted by Crippen LogP contribution is 2.36. The fourth-order valence-electron chi connectivity index (χ4n) is 4.08. The average Bonchev–Trinajstić information content (AvgIpc) is 3.30. The smallest absolute Gasteiger partial charge is 0.266 e. The van der Waals surface area contributed by atoms with E-state index in [0.717, 1.165) is 27.8 Å². The van der Waals surface area contributed by atoms with Crippen molar-refractivity contribution in [3.05, 3.63) is 76.7 Å². The summed E-state index contributed by atoms with van der Waals surface area (Å²) < 4.78 is 22.9. The van der Waals surface area contributed by atoms with Crippen LogP contribution in [0.15, 0.2) is 76.0 Å². The molecule has 10 nitrogen and oxygen atoms in total. The number of anilines is 1. The van der Waals surface area contributed by atoms with Gasteiger partial charge in [-0.2, -0.15) is 0 Å². The van der Waals surface area contributed by atoms with Crippen LogP contribution in [0.3, 0.4) is 0 Å². The minimum absolute atomic E-state index is 0.104. The van der Waals surface area contributed by atoms with Crippen LogP contribution in [0.25, 0.3) is 6.08 Å². The van der Waals surface area contributed by atoms with Crippen molar-refractivity contribution >= 4 is 73.7 Å². The van der Waals surface area contributed by atoms with Gasteiger partial charge in [0.25, 0.3) is 11.8 Å². The molecule has 2 heterocycles. The number of allylic oxidation sites excluding steroid dienone is 2. The number of nitrogens with two attached hydrogens (primary N) is 1. The summed E-state index contributed by atoms with van der Waals surface area (Å²) in [5, 5.41) is 7.63. The topological polar surface area (TPSA) is 147 Å². The molecule has 1 atom stereocenters. The van der Waals surface area contributed by atoms with Crippen molar-refractivity contribution in [2.75, 3.05) is 11.9 Å². The summed E-state index contributed by atoms with van der Waals surface area (Å²) >= 11 is 6.44. The number of imide groups is 1. The highest BCUT2D eigenvalue weighted by molar-refractivity contribution is 8.26. The lowest BCUT2D eigenvalue weighted by atomic mass is 10.1. The number of thioether (sulfide) groups is 1. The van der Waals surface area contributed by atoms with Gasteiger partial charge in [-0.3, -0.25) is 29.0 Å². The second-order valence-corrected chi connectivity index (χ2v) is 12.1. The SMILES string of the molecule is CC(/C=C1\SC(=S)N(C2CC(=O)N(CCC(=O)Nc3ccc(S(N)(=O)=O)cc3)C2=O)C1=O)=C\c1ccccc1. The maximum atomic E-state index is 13.1. The third-order valence-corrected chi connectivity index (χ3v) is 8.20. The predicted molar refractivity (Wildman–Crippen MR) is 151 cm³/mol. The van der Waals surface area contributed by atoms with Crippen LogP contribution in [0.4, 0.5) is 5.69 Å². The van der Waals surface area contributed by atoms with Crippen molar-refractivity contribution in [3.63, 3.8) is 0 Å². The molecule has 0 bridgehead atoms. The summed E-state index contributed by atoms with van der Waals surface area (Å²) in [4.78, 5) is 53.6. The number of thiocarbonyl (C=S) groups is 1. The molecule has 1 unspecified atom stereocenters. The molecule has 0 saturated carbocycles. The molecule has 202 valence electrons. The zero-order valence-corrected chi connectivity index (χ0v) is 23.1. The molecule has 4 amide bonds. The molecule has 2 aliphatic heterocycles. The summed E-state index contributed by atoms with van der Waals surface area (Å²) in [6, 6.07) is 13.8. The monoisotopic (exact) mass is 584 g/mol. The molecule has 4 rings (SSSR count). The molecule has 2 aromatic rings. The Hall–Kier alpha value is -3.65. The van der Waals surface area contributed by atoms with Crippen LogP contribution < -0.4 is 10.5 Å². The van der Waals surface area contributed by atoms with Gasteiger partial charge in [0.2, 0.25) is 21.8 Å². The van der Waals surface area contributed by atoms with Crippen molar-refractivity contribution in [2.24, 2.45) is 5.14 Å². The number of nitrogens with one attached hydrogen (secondary N) is 1. The van der Waals surface area contributed by atoms with Gasteiger partial charge in [-0.15, -0.1) is 0 Å². The van der Waals surface area contributed by atoms with Crippen LogP contribution in [-0.2, 0) is 29.2 Å². The van der Waals surface area contributed by atoms with Gasteiger partial charge in [0, 0.05) is 18.7 Å². The number of nitrogens with zero attached hydrogens (tertiary/aromatic N) is 2. The van der Waals surface area contributed by atoms with Gasteiger partial charge in [-0.1, -0.05) is 60.4 Å². The lowest BCUT2D eigenvalue weighted by Gasteiger charge is -2.21. The molecule has 2 aromatic carbocycles. The van der Waals surface area contributed by atoms with Crippen molar-refractivity contribution in [1.29, 1.82) is 0 Å². The first kappa shape index (κ1) is 28.4. The molecule has 3 N–H and O–H groups in total. The minimum Gasteiger partial charge on any atom is -0.326 e. The zero-order chi connectivity index (χ0) is 28.3. The van der Waals surface area contributed by atoms with Crippen LogP contribution in [0.1, 0.15) is 25.3 Å². The maximum absolute atomic E-state index is 13.1. The van der Waals surface area contributed by atoms with Crippen LogP contribution >= 0.6 is 24.0 Å². The third kappa shape index (κ3) is 6.68. The fourth-order valence-corrected chi connectivity index (χ4v) is 6.00. The normalized spacial score (nSPS) is 19.4. The molecule has 2 saturated heterocycles. The standard InChI is InChI=1S/C26H24N4O6S3/c1-16(13-17-5-3-2-4-6-17)14-21-25(34)30(26(37)38-21)20-15-23(32)29(24(20)33)12-11-22(31)28-18-7-9-19(10-8-18)39(27,35)36/h2-10,13-14,20H,11-12,15H2,1H3,(H,28,31)(H2,27,35,36)/b16-13+,21-14-. The minimum atomic E-state index is -3.86. The molecular formula is C26H24N4O6S3.